The van der Waals surface area contributed by atoms with Crippen LogP contribution in [0.15, 0.2) is 46.5 Å². The number of hydrazine groups is 1. The molecule has 68 heavy (non-hydrogen) atoms. The van der Waals surface area contributed by atoms with E-state index in [1.54, 1.807) is 44.5 Å². The van der Waals surface area contributed by atoms with Crippen LogP contribution in [0, 0.1) is 5.41 Å². The quantitative estimate of drug-likeness (QED) is 0.0920. The number of carboxylic acid groups (broad SMARTS) is 1. The molecule has 2 saturated heterocycles. The molecule has 0 radical (unpaired) electrons. The van der Waals surface area contributed by atoms with E-state index in [1.165, 1.54) is 16.3 Å². The van der Waals surface area contributed by atoms with Crippen molar-refractivity contribution in [1.82, 2.24) is 34.8 Å². The summed E-state index contributed by atoms with van der Waals surface area (Å²) in [6, 6.07) is 7.97. The molecule has 372 valence electrons. The molecule has 6 rings (SSSR count). The number of rotatable bonds is 18. The number of halogens is 1. The Bertz CT molecular complexity index is 2420. The van der Waals surface area contributed by atoms with Crippen LogP contribution in [0.1, 0.15) is 117 Å². The maximum Gasteiger partial charge on any atom is 0.494 e. The van der Waals surface area contributed by atoms with Crippen molar-refractivity contribution in [3.05, 3.63) is 62.8 Å². The predicted molar refractivity (Wildman–Crippen MR) is 269 cm³/mol. The highest BCUT2D eigenvalue weighted by Gasteiger charge is 2.52. The number of methoxy groups -OCH3 is 1. The van der Waals surface area contributed by atoms with Crippen LogP contribution in [0.25, 0.3) is 22.2 Å². The van der Waals surface area contributed by atoms with E-state index in [-0.39, 0.29) is 25.8 Å². The Morgan fingerprint density at radius 2 is 1.79 bits per heavy atom. The third-order valence-corrected chi connectivity index (χ3v) is 14.6. The van der Waals surface area contributed by atoms with Crippen LogP contribution in [-0.4, -0.2) is 136 Å². The zero-order valence-corrected chi connectivity index (χ0v) is 44.7. The Morgan fingerprint density at radius 3 is 2.38 bits per heavy atom. The van der Waals surface area contributed by atoms with Gasteiger partial charge in [0, 0.05) is 61.3 Å². The second-order valence-corrected chi connectivity index (χ2v) is 22.6. The zero-order valence-electron chi connectivity index (χ0n) is 42.3. The number of carboxylic acids is 1. The highest BCUT2D eigenvalue weighted by atomic mass is 79.9. The fourth-order valence-electron chi connectivity index (χ4n) is 8.90. The van der Waals surface area contributed by atoms with E-state index in [0.29, 0.717) is 42.0 Å². The number of pyridine rings is 1. The minimum atomic E-state index is -1.34. The molecular weight excluding hydrogens is 953 g/mol. The summed E-state index contributed by atoms with van der Waals surface area (Å²) < 4.78 is 34.0. The Balaban J connectivity index is 1.47. The molecule has 0 bridgehead atoms. The highest BCUT2D eigenvalue weighted by molar-refractivity contribution is 9.10. The van der Waals surface area contributed by atoms with Gasteiger partial charge in [-0.15, -0.1) is 11.3 Å². The molecule has 5 heterocycles. The summed E-state index contributed by atoms with van der Waals surface area (Å²) in [5.41, 5.74) is 2.95. The number of nitrogens with one attached hydrogen (secondary N) is 1. The molecule has 2 aliphatic rings. The number of nitrogens with zero attached hydrogens (tertiary/aromatic N) is 6. The van der Waals surface area contributed by atoms with E-state index in [4.69, 9.17) is 28.5 Å². The van der Waals surface area contributed by atoms with Gasteiger partial charge in [-0.1, -0.05) is 26.0 Å². The Labute approximate surface area is 414 Å². The number of thiazole rings is 1. The molecule has 3 aromatic heterocycles. The van der Waals surface area contributed by atoms with Crippen molar-refractivity contribution in [3.8, 4) is 11.3 Å². The summed E-state index contributed by atoms with van der Waals surface area (Å²) in [6.07, 6.45) is 0.806. The van der Waals surface area contributed by atoms with E-state index in [0.717, 1.165) is 38.9 Å². The summed E-state index contributed by atoms with van der Waals surface area (Å²) in [4.78, 5) is 53.9. The van der Waals surface area contributed by atoms with Crippen LogP contribution in [0.5, 0.6) is 0 Å². The molecule has 2 amide bonds. The summed E-state index contributed by atoms with van der Waals surface area (Å²) in [5.74, 6) is -1.59. The molecule has 4 aromatic rings. The topological polar surface area (TPSA) is 170 Å². The average molecular weight is 1020 g/mol. The molecule has 2 N–H and O–H groups in total. The fourth-order valence-corrected chi connectivity index (χ4v) is 10.3. The van der Waals surface area contributed by atoms with Crippen LogP contribution >= 0.6 is 27.3 Å². The minimum Gasteiger partial charge on any atom is -0.480 e. The number of fused-ring (bicyclic) bond motifs is 1. The van der Waals surface area contributed by atoms with E-state index < -0.39 is 65.5 Å². The predicted octanol–water partition coefficient (Wildman–Crippen LogP) is 8.02. The number of hydrogen-bond acceptors (Lipinski definition) is 13. The second kappa shape index (κ2) is 21.2. The number of aryl methyl sites for hydroxylation is 1. The van der Waals surface area contributed by atoms with Gasteiger partial charge in [0.2, 0.25) is 0 Å². The first kappa shape index (κ1) is 53.4. The fraction of sp³-hybridized carbons (Fsp3) is 0.612. The molecule has 0 saturated carbocycles. The molecule has 0 spiro atoms. The van der Waals surface area contributed by atoms with Crippen LogP contribution in [-0.2, 0) is 46.1 Å². The number of aliphatic carboxylic acids is 1. The number of carbonyl (C=O) groups excluding carboxylic acids is 2. The number of ether oxygens (including phenoxy) is 3. The van der Waals surface area contributed by atoms with Gasteiger partial charge in [-0.3, -0.25) is 19.6 Å². The summed E-state index contributed by atoms with van der Waals surface area (Å²) in [5, 5.41) is 20.2. The first-order valence-corrected chi connectivity index (χ1v) is 25.1. The van der Waals surface area contributed by atoms with Crippen molar-refractivity contribution < 1.29 is 43.0 Å². The van der Waals surface area contributed by atoms with Crippen molar-refractivity contribution in [3.63, 3.8) is 0 Å². The third kappa shape index (κ3) is 12.0. The van der Waals surface area contributed by atoms with Gasteiger partial charge in [-0.05, 0) is 146 Å². The van der Waals surface area contributed by atoms with E-state index in [9.17, 15) is 14.7 Å². The van der Waals surface area contributed by atoms with Gasteiger partial charge in [0.15, 0.2) is 0 Å². The number of benzene rings is 1. The third-order valence-electron chi connectivity index (χ3n) is 13.0. The normalized spacial score (nSPS) is 19.1. The molecule has 2 fully saturated rings. The van der Waals surface area contributed by atoms with Crippen molar-refractivity contribution in [2.75, 3.05) is 47.4 Å². The standard InChI is InChI=1S/C49H71BBrN7O9S/c1-15-56-35-21-20-31(50-66-48(8,9)49(10,11)67-50)26-33(35)34(40(56)32-18-16-22-52-38(32)30(2)63-14)27-47(6,7)29-58-36(44(60)61)19-17-23-57(58)43(59)39(54-45(62)65-46(3,4)5)41(64-25-24-55(12)13)42-53-37(51)28-68-42/h16,18,20-22,26,28,30,36,39,41H,15,17,19,23-25,27,29H2,1-14H3,(H,54,62)(H,60,61)/t30?,36-,39?,41?/m0/s1. The van der Waals surface area contributed by atoms with Gasteiger partial charge in [-0.2, -0.15) is 0 Å². The number of hydrogen-bond donors (Lipinski definition) is 2. The first-order valence-electron chi connectivity index (χ1n) is 23.4. The largest absolute Gasteiger partial charge is 0.494 e. The minimum absolute atomic E-state index is 0.160. The number of amides is 2. The highest BCUT2D eigenvalue weighted by Crippen LogP contribution is 2.42. The molecule has 4 atom stereocenters. The lowest BCUT2D eigenvalue weighted by molar-refractivity contribution is -0.179. The van der Waals surface area contributed by atoms with Crippen LogP contribution in [0.4, 0.5) is 4.79 Å². The maximum absolute atomic E-state index is 15.4. The molecule has 2 aliphatic heterocycles. The SMILES string of the molecule is CCn1c(-c2cccnc2C(C)OC)c(CC(C)(C)CN2[C@H](C(=O)O)CCCN2C(=O)C(NC(=O)OC(C)(C)C)C(OCCN(C)C)c2nc(Br)cs2)c2cc(B3OC(C)(C)C(C)(C)O3)ccc21. The van der Waals surface area contributed by atoms with Gasteiger partial charge in [0.1, 0.15) is 33.4 Å². The van der Waals surface area contributed by atoms with Crippen molar-refractivity contribution in [2.45, 2.75) is 143 Å². The Kier molecular flexibility index (Phi) is 16.6. The monoisotopic (exact) mass is 1020 g/mol. The Hall–Kier alpha value is -3.95. The molecule has 0 aliphatic carbocycles. The molecular formula is C49H71BBrN7O9S. The van der Waals surface area contributed by atoms with Gasteiger partial charge >= 0.3 is 19.2 Å². The summed E-state index contributed by atoms with van der Waals surface area (Å²) in [6.45, 7) is 23.4. The average Bonchev–Trinajstić information content (AvgIpc) is 3.88. The number of alkyl carbamates (subject to hydrolysis) is 1. The van der Waals surface area contributed by atoms with E-state index in [2.05, 4.69) is 75.8 Å². The molecule has 3 unspecified atom stereocenters. The van der Waals surface area contributed by atoms with E-state index in [1.807, 2.05) is 59.7 Å². The van der Waals surface area contributed by atoms with Gasteiger partial charge in [0.25, 0.3) is 5.91 Å². The van der Waals surface area contributed by atoms with Gasteiger partial charge < -0.3 is 43.4 Å². The van der Waals surface area contributed by atoms with Crippen molar-refractivity contribution in [1.29, 1.82) is 0 Å². The summed E-state index contributed by atoms with van der Waals surface area (Å²) >= 11 is 4.74. The maximum atomic E-state index is 15.4. The Morgan fingerprint density at radius 1 is 1.10 bits per heavy atom. The van der Waals surface area contributed by atoms with E-state index >= 15 is 4.79 Å². The van der Waals surface area contributed by atoms with Crippen LogP contribution < -0.4 is 10.8 Å². The lowest BCUT2D eigenvalue weighted by Gasteiger charge is -2.47. The summed E-state index contributed by atoms with van der Waals surface area (Å²) in [7, 11) is 4.90. The molecule has 16 nitrogen and oxygen atoms in total. The lowest BCUT2D eigenvalue weighted by atomic mass is 9.77. The molecule has 19 heteroatoms. The van der Waals surface area contributed by atoms with Crippen LogP contribution in [0.2, 0.25) is 0 Å². The second-order valence-electron chi connectivity index (χ2n) is 20.9. The zero-order chi connectivity index (χ0) is 50.1. The molecule has 1 aromatic carbocycles. The van der Waals surface area contributed by atoms with Crippen LogP contribution in [0.3, 0.4) is 0 Å². The smallest absolute Gasteiger partial charge is 0.480 e. The number of aromatic nitrogens is 3. The first-order chi connectivity index (χ1) is 31.8. The van der Waals surface area contributed by atoms with Crippen molar-refractivity contribution >= 4 is 68.7 Å². The lowest BCUT2D eigenvalue weighted by Crippen LogP contribution is -2.64. The van der Waals surface area contributed by atoms with Gasteiger partial charge in [-0.25, -0.2) is 14.8 Å². The number of likely N-dealkylation sites (N-methyl/N-ethyl adjacent to an activating group) is 1. The number of carbonyl (C=O) groups is 3. The van der Waals surface area contributed by atoms with Crippen molar-refractivity contribution in [2.24, 2.45) is 5.41 Å². The van der Waals surface area contributed by atoms with Gasteiger partial charge in [0.05, 0.1) is 35.3 Å².